The van der Waals surface area contributed by atoms with Crippen LogP contribution in [0.2, 0.25) is 0 Å². The van der Waals surface area contributed by atoms with E-state index in [1.54, 1.807) is 0 Å². The van der Waals surface area contributed by atoms with Crippen molar-refractivity contribution in [3.63, 3.8) is 0 Å². The number of rotatable bonds is 0. The number of halogens is 8. The fourth-order valence-electron chi connectivity index (χ4n) is 0. The van der Waals surface area contributed by atoms with Gasteiger partial charge >= 0.3 is 113 Å². The molecule has 0 amide bonds. The first kappa shape index (κ1) is 24.0. The molecule has 0 aromatic rings. The second kappa shape index (κ2) is 10.2. The third-order valence-corrected chi connectivity index (χ3v) is 0. The molecule has 0 aliphatic carbocycles. The molecule has 0 unspecified atom stereocenters. The van der Waals surface area contributed by atoms with Crippen molar-refractivity contribution in [1.82, 2.24) is 0 Å². The summed E-state index contributed by atoms with van der Waals surface area (Å²) < 4.78 is 78.0. The zero-order valence-corrected chi connectivity index (χ0v) is 14.5. The minimum Gasteiger partial charge on any atom is -0.418 e. The Morgan fingerprint density at radius 1 is 0.500 bits per heavy atom. The van der Waals surface area contributed by atoms with Crippen LogP contribution in [0.1, 0.15) is 0 Å². The van der Waals surface area contributed by atoms with E-state index >= 15 is 0 Å². The van der Waals surface area contributed by atoms with Gasteiger partial charge in [-0.3, -0.25) is 0 Å². The van der Waals surface area contributed by atoms with Gasteiger partial charge in [-0.15, -0.1) is 0 Å². The maximum atomic E-state index is 9.75. The minimum atomic E-state index is -6.00. The van der Waals surface area contributed by atoms with Crippen molar-refractivity contribution in [2.24, 2.45) is 0 Å². The smallest absolute Gasteiger partial charge is 0.418 e. The number of hydrogen-bond acceptors (Lipinski definition) is 0. The van der Waals surface area contributed by atoms with Crippen LogP contribution in [0.4, 0.5) is 34.5 Å². The number of hydrogen-bond donors (Lipinski definition) is 0. The van der Waals surface area contributed by atoms with Crippen LogP contribution in [0.3, 0.4) is 0 Å². The summed E-state index contributed by atoms with van der Waals surface area (Å²) in [4.78, 5) is 0. The van der Waals surface area contributed by atoms with Crippen molar-refractivity contribution in [3.05, 3.63) is 0 Å². The van der Waals surface area contributed by atoms with E-state index in [0.717, 1.165) is 0 Å². The van der Waals surface area contributed by atoms with Crippen LogP contribution in [0.25, 0.3) is 0 Å². The van der Waals surface area contributed by atoms with E-state index in [1.165, 1.54) is 0 Å². The molecule has 0 nitrogen and oxygen atoms in total. The Morgan fingerprint density at radius 2 is 0.500 bits per heavy atom. The van der Waals surface area contributed by atoms with Crippen LogP contribution in [-0.2, 0) is 0 Å². The molecule has 0 rings (SSSR count). The summed E-state index contributed by atoms with van der Waals surface area (Å²) in [7, 11) is -12.0. The minimum absolute atomic E-state index is 0. The molecule has 12 heavy (non-hydrogen) atoms. The van der Waals surface area contributed by atoms with Crippen molar-refractivity contribution in [2.45, 2.75) is 0 Å². The van der Waals surface area contributed by atoms with Crippen molar-refractivity contribution in [1.29, 1.82) is 0 Å². The SMILES string of the molecule is F[B-](F)(F)F.F[B-](F)(F)F.[Cs+].[Na+]. The van der Waals surface area contributed by atoms with Gasteiger partial charge < -0.3 is 34.5 Å². The maximum absolute atomic E-state index is 9.75. The third kappa shape index (κ3) is 248. The van der Waals surface area contributed by atoms with E-state index in [9.17, 15) is 34.5 Å². The van der Waals surface area contributed by atoms with Crippen LogP contribution in [0, 0.1) is 0 Å². The molecule has 0 radical (unpaired) electrons. The molecular formula is B2CsF8Na. The second-order valence-electron chi connectivity index (χ2n) is 0.990. The van der Waals surface area contributed by atoms with Gasteiger partial charge in [-0.1, -0.05) is 0 Å². The first-order valence-corrected chi connectivity index (χ1v) is 1.75. The van der Waals surface area contributed by atoms with E-state index in [4.69, 9.17) is 0 Å². The first-order chi connectivity index (χ1) is 4.00. The van der Waals surface area contributed by atoms with Crippen LogP contribution < -0.4 is 98.5 Å². The van der Waals surface area contributed by atoms with Crippen LogP contribution in [-0.4, -0.2) is 14.5 Å². The summed E-state index contributed by atoms with van der Waals surface area (Å²) in [6, 6.07) is 0. The predicted molar refractivity (Wildman–Crippen MR) is 20.4 cm³/mol. The Morgan fingerprint density at radius 3 is 0.500 bits per heavy atom. The monoisotopic (exact) mass is 330 g/mol. The molecule has 0 bridgehead atoms. The Hall–Kier alpha value is 2.62. The molecule has 0 aromatic heterocycles. The van der Waals surface area contributed by atoms with Crippen LogP contribution in [0.5, 0.6) is 0 Å². The quantitative estimate of drug-likeness (QED) is 0.321. The zero-order valence-electron chi connectivity index (χ0n) is 6.18. The molecule has 0 saturated carbocycles. The van der Waals surface area contributed by atoms with Gasteiger partial charge in [-0.25, -0.2) is 0 Å². The predicted octanol–water partition coefficient (Wildman–Crippen LogP) is -3.39. The van der Waals surface area contributed by atoms with E-state index in [2.05, 4.69) is 0 Å². The Balaban J connectivity index is -0.0000000457. The molecular weight excluding hydrogens is 330 g/mol. The van der Waals surface area contributed by atoms with Crippen molar-refractivity contribution >= 4 is 14.5 Å². The average molecular weight is 330 g/mol. The summed E-state index contributed by atoms with van der Waals surface area (Å²) in [6.45, 7) is 0. The van der Waals surface area contributed by atoms with Crippen LogP contribution >= 0.6 is 0 Å². The topological polar surface area (TPSA) is 0 Å². The van der Waals surface area contributed by atoms with Crippen molar-refractivity contribution in [3.8, 4) is 0 Å². The Bertz CT molecular complexity index is 60.0. The summed E-state index contributed by atoms with van der Waals surface area (Å²) in [5.41, 5.74) is 0. The molecule has 64 valence electrons. The van der Waals surface area contributed by atoms with E-state index < -0.39 is 14.5 Å². The van der Waals surface area contributed by atoms with Gasteiger partial charge in [-0.2, -0.15) is 0 Å². The molecule has 0 heterocycles. The van der Waals surface area contributed by atoms with Crippen molar-refractivity contribution < 1.29 is 133 Å². The zero-order chi connectivity index (χ0) is 9.00. The molecule has 0 aliphatic heterocycles. The van der Waals surface area contributed by atoms with Crippen molar-refractivity contribution in [2.75, 3.05) is 0 Å². The van der Waals surface area contributed by atoms with Gasteiger partial charge in [0.25, 0.3) is 0 Å². The summed E-state index contributed by atoms with van der Waals surface area (Å²) in [6.07, 6.45) is 0. The average Bonchev–Trinajstić information content (AvgIpc) is 1.12. The van der Waals surface area contributed by atoms with Gasteiger partial charge in [0.2, 0.25) is 0 Å². The Kier molecular flexibility index (Phi) is 20.3. The van der Waals surface area contributed by atoms with Gasteiger partial charge in [0.05, 0.1) is 0 Å². The molecule has 0 atom stereocenters. The van der Waals surface area contributed by atoms with Gasteiger partial charge in [0.1, 0.15) is 0 Å². The molecule has 0 fully saturated rings. The van der Waals surface area contributed by atoms with E-state index in [1.807, 2.05) is 0 Å². The van der Waals surface area contributed by atoms with E-state index in [-0.39, 0.29) is 98.5 Å². The molecule has 12 heteroatoms. The third-order valence-electron chi connectivity index (χ3n) is 0. The second-order valence-corrected chi connectivity index (χ2v) is 0.990. The van der Waals surface area contributed by atoms with Gasteiger partial charge in [0, 0.05) is 0 Å². The first-order valence-electron chi connectivity index (χ1n) is 1.75. The molecule has 0 spiro atoms. The molecule has 0 N–H and O–H groups in total. The molecule has 0 aliphatic rings. The maximum Gasteiger partial charge on any atom is 1.00 e. The normalized spacial score (nSPS) is 10.0. The van der Waals surface area contributed by atoms with Gasteiger partial charge in [0.15, 0.2) is 0 Å². The van der Waals surface area contributed by atoms with Gasteiger partial charge in [-0.05, 0) is 0 Å². The standard InChI is InChI=1S/2BF4.Cs.Na/c2*2-1(3,4)5;;/q2*-1;2*+1. The Labute approximate surface area is 144 Å². The van der Waals surface area contributed by atoms with Crippen LogP contribution in [0.15, 0.2) is 0 Å². The molecule has 0 saturated heterocycles. The molecule has 0 aromatic carbocycles. The van der Waals surface area contributed by atoms with E-state index in [0.29, 0.717) is 0 Å². The summed E-state index contributed by atoms with van der Waals surface area (Å²) in [5, 5.41) is 0. The fourth-order valence-corrected chi connectivity index (χ4v) is 0. The summed E-state index contributed by atoms with van der Waals surface area (Å²) >= 11 is 0. The largest absolute Gasteiger partial charge is 1.00 e. The fraction of sp³-hybridized carbons (Fsp3) is 0. The summed E-state index contributed by atoms with van der Waals surface area (Å²) in [5.74, 6) is 0.